The van der Waals surface area contributed by atoms with E-state index >= 15 is 0 Å². The Hall–Kier alpha value is -1.36. The van der Waals surface area contributed by atoms with E-state index in [9.17, 15) is 4.79 Å². The maximum Gasteiger partial charge on any atom is 0.254 e. The normalized spacial score (nSPS) is 19.9. The number of carbonyl (C=O) groups excluding carboxylic acids is 1. The van der Waals surface area contributed by atoms with Crippen LogP contribution < -0.4 is 5.32 Å². The molecular weight excluding hydrogens is 264 g/mol. The molecule has 0 spiro atoms. The molecule has 1 fully saturated rings. The SMILES string of the molecule is CCCc1[nH]ncc1C(=O)NC[C@H]1CCN(C(C)(C)C)C1. The van der Waals surface area contributed by atoms with Crippen molar-refractivity contribution in [2.75, 3.05) is 19.6 Å². The lowest BCUT2D eigenvalue weighted by atomic mass is 10.1. The fourth-order valence-corrected chi connectivity index (χ4v) is 2.89. The molecule has 1 aromatic rings. The van der Waals surface area contributed by atoms with Gasteiger partial charge >= 0.3 is 0 Å². The lowest BCUT2D eigenvalue weighted by molar-refractivity contribution is 0.0945. The van der Waals surface area contributed by atoms with Gasteiger partial charge < -0.3 is 5.32 Å². The molecular formula is C16H28N4O. The van der Waals surface area contributed by atoms with Crippen molar-refractivity contribution in [3.05, 3.63) is 17.5 Å². The molecule has 118 valence electrons. The summed E-state index contributed by atoms with van der Waals surface area (Å²) in [5.74, 6) is 0.552. The second-order valence-electron chi connectivity index (χ2n) is 6.99. The van der Waals surface area contributed by atoms with E-state index in [-0.39, 0.29) is 11.4 Å². The summed E-state index contributed by atoms with van der Waals surface area (Å²) in [6, 6.07) is 0. The molecule has 1 atom stereocenters. The molecule has 0 radical (unpaired) electrons. The minimum atomic E-state index is 0.00130. The quantitative estimate of drug-likeness (QED) is 0.874. The fraction of sp³-hybridized carbons (Fsp3) is 0.750. The topological polar surface area (TPSA) is 61.0 Å². The van der Waals surface area contributed by atoms with E-state index in [1.54, 1.807) is 6.20 Å². The molecule has 1 amide bonds. The number of hydrogen-bond acceptors (Lipinski definition) is 3. The van der Waals surface area contributed by atoms with Gasteiger partial charge in [0.15, 0.2) is 0 Å². The number of carbonyl (C=O) groups is 1. The molecule has 1 saturated heterocycles. The first-order valence-electron chi connectivity index (χ1n) is 7.97. The molecule has 1 aliphatic heterocycles. The molecule has 0 bridgehead atoms. The van der Waals surface area contributed by atoms with E-state index in [1.807, 2.05) is 0 Å². The van der Waals surface area contributed by atoms with E-state index in [1.165, 1.54) is 0 Å². The van der Waals surface area contributed by atoms with Crippen molar-refractivity contribution in [1.82, 2.24) is 20.4 Å². The summed E-state index contributed by atoms with van der Waals surface area (Å²) >= 11 is 0. The third-order valence-electron chi connectivity index (χ3n) is 4.25. The van der Waals surface area contributed by atoms with Gasteiger partial charge in [-0.15, -0.1) is 0 Å². The Bertz CT molecular complexity index is 475. The number of rotatable bonds is 5. The number of aryl methyl sites for hydroxylation is 1. The molecule has 1 aliphatic rings. The van der Waals surface area contributed by atoms with E-state index in [4.69, 9.17) is 0 Å². The first kappa shape index (κ1) is 16.0. The van der Waals surface area contributed by atoms with Crippen LogP contribution in [-0.2, 0) is 6.42 Å². The van der Waals surface area contributed by atoms with E-state index in [2.05, 4.69) is 48.1 Å². The Labute approximate surface area is 127 Å². The highest BCUT2D eigenvalue weighted by Crippen LogP contribution is 2.23. The Kier molecular flexibility index (Phi) is 5.04. The summed E-state index contributed by atoms with van der Waals surface area (Å²) in [7, 11) is 0. The molecule has 5 nitrogen and oxygen atoms in total. The summed E-state index contributed by atoms with van der Waals surface area (Å²) in [6.07, 6.45) is 4.66. The van der Waals surface area contributed by atoms with Crippen LogP contribution in [0.15, 0.2) is 6.20 Å². The van der Waals surface area contributed by atoms with Crippen molar-refractivity contribution in [2.45, 2.75) is 52.5 Å². The zero-order chi connectivity index (χ0) is 15.5. The van der Waals surface area contributed by atoms with Gasteiger partial charge in [-0.1, -0.05) is 13.3 Å². The van der Waals surface area contributed by atoms with Crippen LogP contribution in [0.25, 0.3) is 0 Å². The van der Waals surface area contributed by atoms with Crippen LogP contribution in [0.5, 0.6) is 0 Å². The smallest absolute Gasteiger partial charge is 0.254 e. The highest BCUT2D eigenvalue weighted by Gasteiger charge is 2.30. The predicted molar refractivity (Wildman–Crippen MR) is 84.3 cm³/mol. The van der Waals surface area contributed by atoms with Crippen molar-refractivity contribution in [2.24, 2.45) is 5.92 Å². The monoisotopic (exact) mass is 292 g/mol. The van der Waals surface area contributed by atoms with Crippen LogP contribution in [0.1, 0.15) is 56.6 Å². The van der Waals surface area contributed by atoms with Crippen molar-refractivity contribution in [3.63, 3.8) is 0 Å². The zero-order valence-corrected chi connectivity index (χ0v) is 13.7. The number of aromatic nitrogens is 2. The van der Waals surface area contributed by atoms with E-state index in [0.717, 1.165) is 44.6 Å². The molecule has 2 heterocycles. The summed E-state index contributed by atoms with van der Waals surface area (Å²) in [5.41, 5.74) is 1.86. The summed E-state index contributed by atoms with van der Waals surface area (Å²) < 4.78 is 0. The number of aromatic amines is 1. The van der Waals surface area contributed by atoms with Gasteiger partial charge in [0, 0.05) is 24.3 Å². The van der Waals surface area contributed by atoms with Gasteiger partial charge in [-0.05, 0) is 46.1 Å². The number of H-pyrrole nitrogens is 1. The van der Waals surface area contributed by atoms with Gasteiger partial charge in [0.1, 0.15) is 0 Å². The van der Waals surface area contributed by atoms with Crippen molar-refractivity contribution in [1.29, 1.82) is 0 Å². The first-order chi connectivity index (χ1) is 9.91. The lowest BCUT2D eigenvalue weighted by Gasteiger charge is -2.31. The number of hydrogen-bond donors (Lipinski definition) is 2. The van der Waals surface area contributed by atoms with Crippen LogP contribution in [0.2, 0.25) is 0 Å². The van der Waals surface area contributed by atoms with Gasteiger partial charge in [0.25, 0.3) is 5.91 Å². The third kappa shape index (κ3) is 4.06. The highest BCUT2D eigenvalue weighted by molar-refractivity contribution is 5.95. The van der Waals surface area contributed by atoms with Gasteiger partial charge in [-0.3, -0.25) is 14.8 Å². The molecule has 0 saturated carbocycles. The van der Waals surface area contributed by atoms with Gasteiger partial charge in [-0.2, -0.15) is 5.10 Å². The standard InChI is InChI=1S/C16H28N4O/c1-5-6-14-13(10-18-19-14)15(21)17-9-12-7-8-20(11-12)16(2,3)4/h10,12H,5-9,11H2,1-4H3,(H,17,21)(H,18,19)/t12-/m1/s1. The maximum atomic E-state index is 12.3. The Morgan fingerprint density at radius 2 is 2.29 bits per heavy atom. The molecule has 0 aliphatic carbocycles. The second-order valence-corrected chi connectivity index (χ2v) is 6.99. The number of nitrogens with zero attached hydrogens (tertiary/aromatic N) is 2. The average molecular weight is 292 g/mol. The molecule has 1 aromatic heterocycles. The second kappa shape index (κ2) is 6.60. The van der Waals surface area contributed by atoms with Crippen LogP contribution >= 0.6 is 0 Å². The first-order valence-corrected chi connectivity index (χ1v) is 7.97. The Morgan fingerprint density at radius 3 is 2.90 bits per heavy atom. The van der Waals surface area contributed by atoms with Crippen molar-refractivity contribution < 1.29 is 4.79 Å². The van der Waals surface area contributed by atoms with Crippen LogP contribution in [0, 0.1) is 5.92 Å². The molecule has 0 unspecified atom stereocenters. The molecule has 0 aromatic carbocycles. The van der Waals surface area contributed by atoms with Gasteiger partial charge in [0.2, 0.25) is 0 Å². The largest absolute Gasteiger partial charge is 0.352 e. The number of amides is 1. The third-order valence-corrected chi connectivity index (χ3v) is 4.25. The summed E-state index contributed by atoms with van der Waals surface area (Å²) in [6.45, 7) is 11.8. The van der Waals surface area contributed by atoms with Crippen LogP contribution in [-0.4, -0.2) is 46.2 Å². The number of nitrogens with one attached hydrogen (secondary N) is 2. The lowest BCUT2D eigenvalue weighted by Crippen LogP contribution is -2.40. The van der Waals surface area contributed by atoms with E-state index in [0.29, 0.717) is 11.5 Å². The fourth-order valence-electron chi connectivity index (χ4n) is 2.89. The zero-order valence-electron chi connectivity index (χ0n) is 13.7. The van der Waals surface area contributed by atoms with Crippen LogP contribution in [0.3, 0.4) is 0 Å². The molecule has 2 rings (SSSR count). The molecule has 5 heteroatoms. The van der Waals surface area contributed by atoms with Gasteiger partial charge in [0.05, 0.1) is 11.8 Å². The average Bonchev–Trinajstić information content (AvgIpc) is 3.04. The van der Waals surface area contributed by atoms with E-state index < -0.39 is 0 Å². The number of likely N-dealkylation sites (tertiary alicyclic amines) is 1. The van der Waals surface area contributed by atoms with Gasteiger partial charge in [-0.25, -0.2) is 0 Å². The predicted octanol–water partition coefficient (Wildman–Crippen LogP) is 2.21. The Morgan fingerprint density at radius 1 is 1.52 bits per heavy atom. The van der Waals surface area contributed by atoms with Crippen molar-refractivity contribution in [3.8, 4) is 0 Å². The summed E-state index contributed by atoms with van der Waals surface area (Å²) in [5, 5.41) is 9.99. The minimum absolute atomic E-state index is 0.00130. The maximum absolute atomic E-state index is 12.3. The molecule has 21 heavy (non-hydrogen) atoms. The van der Waals surface area contributed by atoms with Crippen LogP contribution in [0.4, 0.5) is 0 Å². The van der Waals surface area contributed by atoms with Crippen molar-refractivity contribution >= 4 is 5.91 Å². The highest BCUT2D eigenvalue weighted by atomic mass is 16.1. The Balaban J connectivity index is 1.84. The summed E-state index contributed by atoms with van der Waals surface area (Å²) in [4.78, 5) is 14.7. The molecule has 2 N–H and O–H groups in total. The minimum Gasteiger partial charge on any atom is -0.352 e.